The molecule has 0 fully saturated rings. The van der Waals surface area contributed by atoms with Gasteiger partial charge in [0.1, 0.15) is 5.75 Å². The summed E-state index contributed by atoms with van der Waals surface area (Å²) in [5.74, 6) is 2.36. The Morgan fingerprint density at radius 3 is 2.82 bits per heavy atom. The lowest BCUT2D eigenvalue weighted by atomic mass is 10.2. The molecule has 90 valence electrons. The Morgan fingerprint density at radius 2 is 2.24 bits per heavy atom. The maximum absolute atomic E-state index is 10.6. The number of para-hydroxylation sites is 2. The van der Waals surface area contributed by atoms with E-state index in [0.717, 1.165) is 5.69 Å². The van der Waals surface area contributed by atoms with Gasteiger partial charge in [0.2, 0.25) is 0 Å². The van der Waals surface area contributed by atoms with E-state index in [1.54, 1.807) is 7.11 Å². The van der Waals surface area contributed by atoms with Crippen molar-refractivity contribution in [2.75, 3.05) is 25.1 Å². The molecule has 4 heteroatoms. The van der Waals surface area contributed by atoms with Gasteiger partial charge in [-0.2, -0.15) is 0 Å². The first kappa shape index (κ1) is 12.9. The van der Waals surface area contributed by atoms with Gasteiger partial charge in [-0.15, -0.1) is 6.42 Å². The van der Waals surface area contributed by atoms with Crippen molar-refractivity contribution in [1.82, 2.24) is 0 Å². The summed E-state index contributed by atoms with van der Waals surface area (Å²) in [5, 5.41) is 8.69. The van der Waals surface area contributed by atoms with Gasteiger partial charge >= 0.3 is 5.97 Å². The molecule has 0 saturated carbocycles. The maximum atomic E-state index is 10.6. The molecule has 0 saturated heterocycles. The van der Waals surface area contributed by atoms with Crippen molar-refractivity contribution < 1.29 is 14.6 Å². The van der Waals surface area contributed by atoms with E-state index in [1.807, 2.05) is 29.2 Å². The van der Waals surface area contributed by atoms with E-state index >= 15 is 0 Å². The number of benzene rings is 1. The molecule has 0 aromatic heterocycles. The Balaban J connectivity index is 2.88. The monoisotopic (exact) mass is 233 g/mol. The fourth-order valence-corrected chi connectivity index (χ4v) is 1.52. The highest BCUT2D eigenvalue weighted by Gasteiger charge is 2.11. The normalized spacial score (nSPS) is 9.41. The van der Waals surface area contributed by atoms with Crippen molar-refractivity contribution in [3.05, 3.63) is 24.3 Å². The summed E-state index contributed by atoms with van der Waals surface area (Å²) >= 11 is 0. The average Bonchev–Trinajstić information content (AvgIpc) is 2.34. The van der Waals surface area contributed by atoms with E-state index in [4.69, 9.17) is 16.3 Å². The highest BCUT2D eigenvalue weighted by Crippen LogP contribution is 2.27. The first-order chi connectivity index (χ1) is 8.19. The van der Waals surface area contributed by atoms with Crippen LogP contribution in [0.1, 0.15) is 6.42 Å². The van der Waals surface area contributed by atoms with Gasteiger partial charge in [0.05, 0.1) is 25.8 Å². The Hall–Kier alpha value is -2.15. The van der Waals surface area contributed by atoms with E-state index in [0.29, 0.717) is 18.8 Å². The lowest BCUT2D eigenvalue weighted by Gasteiger charge is -2.23. The van der Waals surface area contributed by atoms with Gasteiger partial charge in [-0.3, -0.25) is 4.79 Å². The SMILES string of the molecule is C#CCN(CCC(=O)O)c1ccccc1OC. The molecule has 17 heavy (non-hydrogen) atoms. The van der Waals surface area contributed by atoms with Crippen LogP contribution in [-0.4, -0.2) is 31.3 Å². The predicted molar refractivity (Wildman–Crippen MR) is 66.3 cm³/mol. The van der Waals surface area contributed by atoms with Crippen molar-refractivity contribution >= 4 is 11.7 Å². The zero-order valence-electron chi connectivity index (χ0n) is 9.72. The Kier molecular flexibility index (Phi) is 4.89. The van der Waals surface area contributed by atoms with Crippen molar-refractivity contribution in [3.63, 3.8) is 0 Å². The largest absolute Gasteiger partial charge is 0.495 e. The maximum Gasteiger partial charge on any atom is 0.305 e. The van der Waals surface area contributed by atoms with E-state index < -0.39 is 5.97 Å². The number of carbonyl (C=O) groups is 1. The molecule has 0 aliphatic rings. The second-order valence-corrected chi connectivity index (χ2v) is 3.44. The Morgan fingerprint density at radius 1 is 1.53 bits per heavy atom. The Labute approximate surface area is 101 Å². The molecule has 0 aliphatic heterocycles. The van der Waals surface area contributed by atoms with Crippen molar-refractivity contribution in [2.45, 2.75) is 6.42 Å². The van der Waals surface area contributed by atoms with Gasteiger partial charge in [0, 0.05) is 6.54 Å². The van der Waals surface area contributed by atoms with Crippen molar-refractivity contribution in [3.8, 4) is 18.1 Å². The standard InChI is InChI=1S/C13H15NO3/c1-3-9-14(10-8-13(15)16)11-6-4-5-7-12(11)17-2/h1,4-7H,8-10H2,2H3,(H,15,16). The molecule has 1 rings (SSSR count). The Bertz CT molecular complexity index is 423. The zero-order chi connectivity index (χ0) is 12.7. The van der Waals surface area contributed by atoms with Crippen LogP contribution in [0.2, 0.25) is 0 Å². The van der Waals surface area contributed by atoms with Crippen LogP contribution in [0.5, 0.6) is 5.75 Å². The van der Waals surface area contributed by atoms with Crippen LogP contribution < -0.4 is 9.64 Å². The molecule has 1 N–H and O–H groups in total. The third-order valence-corrected chi connectivity index (χ3v) is 2.30. The first-order valence-corrected chi connectivity index (χ1v) is 5.22. The lowest BCUT2D eigenvalue weighted by Crippen LogP contribution is -2.26. The minimum atomic E-state index is -0.845. The lowest BCUT2D eigenvalue weighted by molar-refractivity contribution is -0.136. The average molecular weight is 233 g/mol. The van der Waals surface area contributed by atoms with Crippen LogP contribution in [0.3, 0.4) is 0 Å². The van der Waals surface area contributed by atoms with Crippen LogP contribution in [0, 0.1) is 12.3 Å². The molecule has 1 aromatic carbocycles. The highest BCUT2D eigenvalue weighted by atomic mass is 16.5. The summed E-state index contributed by atoms with van der Waals surface area (Å²) in [4.78, 5) is 12.4. The topological polar surface area (TPSA) is 49.8 Å². The fraction of sp³-hybridized carbons (Fsp3) is 0.308. The fourth-order valence-electron chi connectivity index (χ4n) is 1.52. The van der Waals surface area contributed by atoms with Gasteiger partial charge in [-0.1, -0.05) is 18.1 Å². The highest BCUT2D eigenvalue weighted by molar-refractivity contribution is 5.68. The number of terminal acetylenes is 1. The summed E-state index contributed by atoms with van der Waals surface area (Å²) < 4.78 is 5.22. The number of aliphatic carboxylic acids is 1. The van der Waals surface area contributed by atoms with Crippen LogP contribution >= 0.6 is 0 Å². The molecule has 0 unspecified atom stereocenters. The number of ether oxygens (including phenoxy) is 1. The predicted octanol–water partition coefficient (Wildman–Crippen LogP) is 1.61. The number of methoxy groups -OCH3 is 1. The number of carboxylic acids is 1. The van der Waals surface area contributed by atoms with E-state index in [1.165, 1.54) is 0 Å². The molecule has 0 heterocycles. The van der Waals surface area contributed by atoms with Gasteiger partial charge in [-0.25, -0.2) is 0 Å². The molecule has 0 bridgehead atoms. The molecular formula is C13H15NO3. The second-order valence-electron chi connectivity index (χ2n) is 3.44. The van der Waals surface area contributed by atoms with Crippen LogP contribution in [-0.2, 0) is 4.79 Å². The minimum Gasteiger partial charge on any atom is -0.495 e. The molecule has 1 aromatic rings. The molecule has 0 radical (unpaired) electrons. The number of rotatable bonds is 6. The molecule has 0 amide bonds. The van der Waals surface area contributed by atoms with Crippen LogP contribution in [0.25, 0.3) is 0 Å². The molecule has 0 atom stereocenters. The zero-order valence-corrected chi connectivity index (χ0v) is 9.72. The number of carboxylic acid groups (broad SMARTS) is 1. The third-order valence-electron chi connectivity index (χ3n) is 2.30. The molecule has 0 spiro atoms. The van der Waals surface area contributed by atoms with E-state index in [-0.39, 0.29) is 6.42 Å². The summed E-state index contributed by atoms with van der Waals surface area (Å²) in [6.07, 6.45) is 5.33. The number of nitrogens with zero attached hydrogens (tertiary/aromatic N) is 1. The second kappa shape index (κ2) is 6.44. The smallest absolute Gasteiger partial charge is 0.305 e. The number of hydrogen-bond donors (Lipinski definition) is 1. The molecule has 4 nitrogen and oxygen atoms in total. The van der Waals surface area contributed by atoms with Gasteiger partial charge in [0.25, 0.3) is 0 Å². The van der Waals surface area contributed by atoms with Gasteiger partial charge in [0.15, 0.2) is 0 Å². The summed E-state index contributed by atoms with van der Waals surface area (Å²) in [6, 6.07) is 7.40. The third kappa shape index (κ3) is 3.72. The molecular weight excluding hydrogens is 218 g/mol. The number of anilines is 1. The van der Waals surface area contributed by atoms with Crippen LogP contribution in [0.4, 0.5) is 5.69 Å². The van der Waals surface area contributed by atoms with Crippen molar-refractivity contribution in [2.24, 2.45) is 0 Å². The minimum absolute atomic E-state index is 0.0414. The number of hydrogen-bond acceptors (Lipinski definition) is 3. The summed E-state index contributed by atoms with van der Waals surface area (Å²) in [7, 11) is 1.57. The summed E-state index contributed by atoms with van der Waals surface area (Å²) in [6.45, 7) is 0.716. The quantitative estimate of drug-likeness (QED) is 0.758. The van der Waals surface area contributed by atoms with Crippen molar-refractivity contribution in [1.29, 1.82) is 0 Å². The van der Waals surface area contributed by atoms with E-state index in [2.05, 4.69) is 5.92 Å². The molecule has 0 aliphatic carbocycles. The summed E-state index contributed by atoms with van der Waals surface area (Å²) in [5.41, 5.74) is 0.814. The van der Waals surface area contributed by atoms with Gasteiger partial charge < -0.3 is 14.7 Å². The van der Waals surface area contributed by atoms with E-state index in [9.17, 15) is 4.79 Å². The van der Waals surface area contributed by atoms with Crippen LogP contribution in [0.15, 0.2) is 24.3 Å². The van der Waals surface area contributed by atoms with Gasteiger partial charge in [-0.05, 0) is 12.1 Å². The first-order valence-electron chi connectivity index (χ1n) is 5.22.